The molecule has 0 amide bonds. The van der Waals surface area contributed by atoms with Gasteiger partial charge < -0.3 is 5.32 Å². The lowest BCUT2D eigenvalue weighted by Crippen LogP contribution is -2.48. The number of carbonyl (C=O) groups is 1. The Hall–Kier alpha value is -1.26. The molecule has 0 radical (unpaired) electrons. The van der Waals surface area contributed by atoms with E-state index in [2.05, 4.69) is 15.2 Å². The van der Waals surface area contributed by atoms with Crippen LogP contribution in [0.4, 0.5) is 0 Å². The molecule has 0 saturated carbocycles. The standard InChI is InChI=1S/C16H23N3O/c20-16(12-13-4-1-2-8-18-13)15-5-3-11-19(15)14-6-9-17-10-7-14/h1-2,4,8,14-15,17H,3,5-7,9-12H2. The summed E-state index contributed by atoms with van der Waals surface area (Å²) in [5.74, 6) is 0.347. The van der Waals surface area contributed by atoms with Gasteiger partial charge in [-0.05, 0) is 57.5 Å². The summed E-state index contributed by atoms with van der Waals surface area (Å²) < 4.78 is 0. The fraction of sp³-hybridized carbons (Fsp3) is 0.625. The predicted molar refractivity (Wildman–Crippen MR) is 78.6 cm³/mol. The molecule has 0 bridgehead atoms. The predicted octanol–water partition coefficient (Wildman–Crippen LogP) is 1.41. The van der Waals surface area contributed by atoms with Crippen LogP contribution in [0, 0.1) is 0 Å². The number of likely N-dealkylation sites (tertiary alicyclic amines) is 1. The first-order valence-electron chi connectivity index (χ1n) is 7.73. The molecule has 1 N–H and O–H groups in total. The molecule has 4 nitrogen and oxygen atoms in total. The first-order valence-corrected chi connectivity index (χ1v) is 7.73. The second-order valence-corrected chi connectivity index (χ2v) is 5.84. The summed E-state index contributed by atoms with van der Waals surface area (Å²) in [5.41, 5.74) is 0.898. The van der Waals surface area contributed by atoms with Gasteiger partial charge in [0, 0.05) is 17.9 Å². The number of aromatic nitrogens is 1. The number of rotatable bonds is 4. The van der Waals surface area contributed by atoms with Crippen molar-refractivity contribution >= 4 is 5.78 Å². The molecule has 2 aliphatic heterocycles. The molecule has 2 aliphatic rings. The highest BCUT2D eigenvalue weighted by molar-refractivity contribution is 5.86. The van der Waals surface area contributed by atoms with Gasteiger partial charge in [0.05, 0.1) is 12.5 Å². The maximum Gasteiger partial charge on any atom is 0.155 e. The van der Waals surface area contributed by atoms with E-state index >= 15 is 0 Å². The van der Waals surface area contributed by atoms with Crippen molar-refractivity contribution in [2.24, 2.45) is 0 Å². The normalized spacial score (nSPS) is 24.9. The van der Waals surface area contributed by atoms with Crippen LogP contribution in [0.5, 0.6) is 0 Å². The lowest BCUT2D eigenvalue weighted by molar-refractivity contribution is -0.123. The lowest BCUT2D eigenvalue weighted by atomic mass is 10.00. The SMILES string of the molecule is O=C(Cc1ccccn1)C1CCCN1C1CCNCC1. The van der Waals surface area contributed by atoms with E-state index in [0.717, 1.165) is 38.2 Å². The number of nitrogens with one attached hydrogen (secondary N) is 1. The third kappa shape index (κ3) is 3.07. The van der Waals surface area contributed by atoms with Crippen molar-refractivity contribution in [1.82, 2.24) is 15.2 Å². The van der Waals surface area contributed by atoms with E-state index in [1.165, 1.54) is 12.8 Å². The van der Waals surface area contributed by atoms with Gasteiger partial charge in [-0.25, -0.2) is 0 Å². The van der Waals surface area contributed by atoms with Gasteiger partial charge in [0.15, 0.2) is 5.78 Å². The Kier molecular flexibility index (Phi) is 4.43. The van der Waals surface area contributed by atoms with E-state index < -0.39 is 0 Å². The second kappa shape index (κ2) is 6.46. The van der Waals surface area contributed by atoms with E-state index in [1.807, 2.05) is 18.2 Å². The average molecular weight is 273 g/mol. The lowest BCUT2D eigenvalue weighted by Gasteiger charge is -2.35. The molecule has 2 saturated heterocycles. The van der Waals surface area contributed by atoms with Crippen molar-refractivity contribution in [2.75, 3.05) is 19.6 Å². The number of ketones is 1. The van der Waals surface area contributed by atoms with Gasteiger partial charge in [-0.15, -0.1) is 0 Å². The van der Waals surface area contributed by atoms with E-state index in [1.54, 1.807) is 6.20 Å². The Morgan fingerprint density at radius 1 is 1.30 bits per heavy atom. The summed E-state index contributed by atoms with van der Waals surface area (Å²) in [6, 6.07) is 6.51. The minimum Gasteiger partial charge on any atom is -0.317 e. The second-order valence-electron chi connectivity index (χ2n) is 5.84. The molecule has 0 aromatic carbocycles. The molecule has 4 heteroatoms. The van der Waals surface area contributed by atoms with Crippen molar-refractivity contribution in [3.05, 3.63) is 30.1 Å². The van der Waals surface area contributed by atoms with Crippen molar-refractivity contribution in [3.8, 4) is 0 Å². The Labute approximate surface area is 120 Å². The minimum atomic E-state index is 0.125. The van der Waals surface area contributed by atoms with Crippen LogP contribution >= 0.6 is 0 Å². The third-order valence-corrected chi connectivity index (χ3v) is 4.53. The van der Waals surface area contributed by atoms with Crippen LogP contribution in [-0.4, -0.2) is 47.4 Å². The van der Waals surface area contributed by atoms with E-state index in [9.17, 15) is 4.79 Å². The maximum atomic E-state index is 12.6. The molecule has 0 spiro atoms. The molecule has 1 atom stereocenters. The molecule has 1 aromatic rings. The number of pyridine rings is 1. The highest BCUT2D eigenvalue weighted by Crippen LogP contribution is 2.25. The van der Waals surface area contributed by atoms with Crippen molar-refractivity contribution in [3.63, 3.8) is 0 Å². The third-order valence-electron chi connectivity index (χ3n) is 4.53. The zero-order chi connectivity index (χ0) is 13.8. The first-order chi connectivity index (χ1) is 9.84. The van der Waals surface area contributed by atoms with E-state index in [4.69, 9.17) is 0 Å². The van der Waals surface area contributed by atoms with E-state index in [0.29, 0.717) is 18.2 Å². The molecule has 108 valence electrons. The number of hydrogen-bond donors (Lipinski definition) is 1. The molecule has 3 rings (SSSR count). The summed E-state index contributed by atoms with van der Waals surface area (Å²) in [6.45, 7) is 3.26. The van der Waals surface area contributed by atoms with Gasteiger partial charge in [-0.2, -0.15) is 0 Å². The van der Waals surface area contributed by atoms with Crippen LogP contribution < -0.4 is 5.32 Å². The van der Waals surface area contributed by atoms with Gasteiger partial charge in [0.25, 0.3) is 0 Å². The Bertz CT molecular complexity index is 442. The average Bonchev–Trinajstić information content (AvgIpc) is 2.99. The molecule has 3 heterocycles. The van der Waals surface area contributed by atoms with Crippen LogP contribution in [-0.2, 0) is 11.2 Å². The quantitative estimate of drug-likeness (QED) is 0.901. The zero-order valence-electron chi connectivity index (χ0n) is 11.9. The summed E-state index contributed by atoms with van der Waals surface area (Å²) in [5, 5.41) is 3.40. The van der Waals surface area contributed by atoms with Gasteiger partial charge >= 0.3 is 0 Å². The van der Waals surface area contributed by atoms with Crippen LogP contribution in [0.3, 0.4) is 0 Å². The number of hydrogen-bond acceptors (Lipinski definition) is 4. The summed E-state index contributed by atoms with van der Waals surface area (Å²) in [4.78, 5) is 19.3. The fourth-order valence-electron chi connectivity index (χ4n) is 3.51. The summed E-state index contributed by atoms with van der Waals surface area (Å²) >= 11 is 0. The Balaban J connectivity index is 1.64. The molecule has 1 unspecified atom stereocenters. The highest BCUT2D eigenvalue weighted by atomic mass is 16.1. The summed E-state index contributed by atoms with van der Waals surface area (Å²) in [6.07, 6.45) is 6.77. The molecule has 20 heavy (non-hydrogen) atoms. The Morgan fingerprint density at radius 3 is 2.90 bits per heavy atom. The van der Waals surface area contributed by atoms with Gasteiger partial charge in [-0.3, -0.25) is 14.7 Å². The largest absolute Gasteiger partial charge is 0.317 e. The van der Waals surface area contributed by atoms with Crippen LogP contribution in [0.25, 0.3) is 0 Å². The van der Waals surface area contributed by atoms with Crippen molar-refractivity contribution < 1.29 is 4.79 Å². The van der Waals surface area contributed by atoms with Crippen LogP contribution in [0.2, 0.25) is 0 Å². The maximum absolute atomic E-state index is 12.6. The number of piperidine rings is 1. The highest BCUT2D eigenvalue weighted by Gasteiger charge is 2.35. The van der Waals surface area contributed by atoms with Gasteiger partial charge in [0.2, 0.25) is 0 Å². The number of Topliss-reactive ketones (excluding diaryl/α,β-unsaturated/α-hetero) is 1. The first kappa shape index (κ1) is 13.7. The molecular weight excluding hydrogens is 250 g/mol. The minimum absolute atomic E-state index is 0.125. The monoisotopic (exact) mass is 273 g/mol. The van der Waals surface area contributed by atoms with Gasteiger partial charge in [-0.1, -0.05) is 6.07 Å². The number of nitrogens with zero attached hydrogens (tertiary/aromatic N) is 2. The molecular formula is C16H23N3O. The molecule has 2 fully saturated rings. The van der Waals surface area contributed by atoms with E-state index in [-0.39, 0.29) is 6.04 Å². The van der Waals surface area contributed by atoms with Crippen molar-refractivity contribution in [2.45, 2.75) is 44.2 Å². The zero-order valence-corrected chi connectivity index (χ0v) is 11.9. The number of carbonyl (C=O) groups excluding carboxylic acids is 1. The molecule has 0 aliphatic carbocycles. The van der Waals surface area contributed by atoms with Crippen molar-refractivity contribution in [1.29, 1.82) is 0 Å². The van der Waals surface area contributed by atoms with Gasteiger partial charge in [0.1, 0.15) is 0 Å². The van der Waals surface area contributed by atoms with Crippen LogP contribution in [0.1, 0.15) is 31.4 Å². The topological polar surface area (TPSA) is 45.2 Å². The Morgan fingerprint density at radius 2 is 2.15 bits per heavy atom. The summed E-state index contributed by atoms with van der Waals surface area (Å²) in [7, 11) is 0. The molecule has 1 aromatic heterocycles. The smallest absolute Gasteiger partial charge is 0.155 e. The van der Waals surface area contributed by atoms with Crippen LogP contribution in [0.15, 0.2) is 24.4 Å². The fourth-order valence-corrected chi connectivity index (χ4v) is 3.51.